The normalized spacial score (nSPS) is 19.1. The van der Waals surface area contributed by atoms with E-state index in [1.807, 2.05) is 0 Å². The number of benzene rings is 1. The molecule has 0 unspecified atom stereocenters. The minimum atomic E-state index is -3.50. The van der Waals surface area contributed by atoms with Crippen LogP contribution < -0.4 is 5.32 Å². The fourth-order valence-electron chi connectivity index (χ4n) is 2.44. The number of aliphatic hydroxyl groups is 1. The van der Waals surface area contributed by atoms with Gasteiger partial charge >= 0.3 is 0 Å². The van der Waals surface area contributed by atoms with Gasteiger partial charge in [-0.05, 0) is 6.07 Å². The first-order valence-corrected chi connectivity index (χ1v) is 6.34. The Balaban J connectivity index is 2.39. The molecular formula is C13H16F4N2O. The minimum absolute atomic E-state index is 0.299. The Labute approximate surface area is 114 Å². The van der Waals surface area contributed by atoms with Gasteiger partial charge < -0.3 is 10.4 Å². The van der Waals surface area contributed by atoms with E-state index in [1.165, 1.54) is 4.90 Å². The fourth-order valence-corrected chi connectivity index (χ4v) is 2.44. The zero-order valence-corrected chi connectivity index (χ0v) is 10.8. The van der Waals surface area contributed by atoms with Crippen molar-refractivity contribution >= 4 is 0 Å². The van der Waals surface area contributed by atoms with E-state index in [-0.39, 0.29) is 5.56 Å². The summed E-state index contributed by atoms with van der Waals surface area (Å²) in [6.07, 6.45) is 0. The van der Waals surface area contributed by atoms with Crippen LogP contribution in [0.3, 0.4) is 0 Å². The van der Waals surface area contributed by atoms with Crippen LogP contribution in [0, 0.1) is 11.6 Å². The van der Waals surface area contributed by atoms with Gasteiger partial charge in [-0.1, -0.05) is 6.07 Å². The van der Waals surface area contributed by atoms with E-state index in [2.05, 4.69) is 5.32 Å². The molecule has 1 saturated heterocycles. The molecule has 1 aromatic carbocycles. The van der Waals surface area contributed by atoms with Crippen LogP contribution in [0.2, 0.25) is 0 Å². The number of nitrogens with zero attached hydrogens (tertiary/aromatic N) is 1. The first-order valence-electron chi connectivity index (χ1n) is 6.34. The molecule has 1 fully saturated rings. The zero-order chi connectivity index (χ0) is 14.8. The average Bonchev–Trinajstić information content (AvgIpc) is 2.43. The monoisotopic (exact) mass is 292 g/mol. The van der Waals surface area contributed by atoms with Gasteiger partial charge in [-0.2, -0.15) is 0 Å². The maximum atomic E-state index is 14.0. The van der Waals surface area contributed by atoms with E-state index in [4.69, 9.17) is 5.11 Å². The molecule has 1 atom stereocenters. The predicted molar refractivity (Wildman–Crippen MR) is 65.6 cm³/mol. The molecule has 1 aliphatic rings. The first kappa shape index (κ1) is 15.2. The van der Waals surface area contributed by atoms with Crippen molar-refractivity contribution in [2.24, 2.45) is 0 Å². The molecule has 2 rings (SSSR count). The van der Waals surface area contributed by atoms with Crippen molar-refractivity contribution in [2.75, 3.05) is 32.8 Å². The summed E-state index contributed by atoms with van der Waals surface area (Å²) >= 11 is 0. The highest BCUT2D eigenvalue weighted by molar-refractivity contribution is 5.24. The summed E-state index contributed by atoms with van der Waals surface area (Å²) in [6, 6.07) is 0.940. The van der Waals surface area contributed by atoms with Crippen LogP contribution in [-0.4, -0.2) is 48.7 Å². The third-order valence-corrected chi connectivity index (χ3v) is 3.38. The van der Waals surface area contributed by atoms with Gasteiger partial charge in [0.15, 0.2) is 0 Å². The van der Waals surface area contributed by atoms with Gasteiger partial charge in [0.05, 0.1) is 0 Å². The van der Waals surface area contributed by atoms with Gasteiger partial charge in [0.25, 0.3) is 5.92 Å². The number of piperazine rings is 1. The molecule has 1 aromatic rings. The summed E-state index contributed by atoms with van der Waals surface area (Å²) < 4.78 is 54.7. The zero-order valence-electron chi connectivity index (χ0n) is 10.8. The van der Waals surface area contributed by atoms with Crippen LogP contribution in [0.25, 0.3) is 0 Å². The minimum Gasteiger partial charge on any atom is -0.390 e. The van der Waals surface area contributed by atoms with Crippen molar-refractivity contribution < 1.29 is 22.7 Å². The molecule has 0 radical (unpaired) electrons. The number of rotatable bonds is 4. The van der Waals surface area contributed by atoms with Crippen LogP contribution in [-0.2, 0) is 0 Å². The van der Waals surface area contributed by atoms with E-state index >= 15 is 0 Å². The highest BCUT2D eigenvalue weighted by Crippen LogP contribution is 2.37. The Hall–Kier alpha value is -1.18. The molecule has 1 aliphatic heterocycles. The van der Waals surface area contributed by atoms with Gasteiger partial charge in [0.1, 0.15) is 24.3 Å². The van der Waals surface area contributed by atoms with E-state index in [0.29, 0.717) is 32.2 Å². The smallest absolute Gasteiger partial charge is 0.290 e. The lowest BCUT2D eigenvalue weighted by molar-refractivity contribution is -0.119. The van der Waals surface area contributed by atoms with Crippen molar-refractivity contribution in [3.63, 3.8) is 0 Å². The van der Waals surface area contributed by atoms with Gasteiger partial charge in [-0.25, -0.2) is 17.6 Å². The summed E-state index contributed by atoms with van der Waals surface area (Å²) in [5.41, 5.74) is -0.299. The van der Waals surface area contributed by atoms with Crippen LogP contribution >= 0.6 is 0 Å². The summed E-state index contributed by atoms with van der Waals surface area (Å²) in [7, 11) is 0. The standard InChI is InChI=1S/C13H16F4N2O/c14-9-1-2-10(11(15)7-9)12(13(16,17)8-20)19-5-3-18-4-6-19/h1-2,7,12,18,20H,3-6,8H2/t12-/m0/s1. The average molecular weight is 292 g/mol. The van der Waals surface area contributed by atoms with E-state index in [0.717, 1.165) is 12.1 Å². The SMILES string of the molecule is OCC(F)(F)[C@H](c1ccc(F)cc1F)N1CCNCC1. The molecule has 0 spiro atoms. The van der Waals surface area contributed by atoms with Crippen LogP contribution in [0.1, 0.15) is 11.6 Å². The molecule has 0 saturated carbocycles. The van der Waals surface area contributed by atoms with Gasteiger partial charge in [0, 0.05) is 37.8 Å². The second-order valence-corrected chi connectivity index (χ2v) is 4.77. The summed E-state index contributed by atoms with van der Waals surface area (Å²) in [4.78, 5) is 1.41. The Bertz CT molecular complexity index is 464. The molecule has 2 N–H and O–H groups in total. The van der Waals surface area contributed by atoms with Crippen molar-refractivity contribution in [3.05, 3.63) is 35.4 Å². The maximum absolute atomic E-state index is 14.0. The van der Waals surface area contributed by atoms with E-state index < -0.39 is 30.2 Å². The largest absolute Gasteiger partial charge is 0.390 e. The van der Waals surface area contributed by atoms with Crippen LogP contribution in [0.15, 0.2) is 18.2 Å². The highest BCUT2D eigenvalue weighted by Gasteiger charge is 2.45. The van der Waals surface area contributed by atoms with Crippen molar-refractivity contribution in [3.8, 4) is 0 Å². The molecule has 0 aliphatic carbocycles. The predicted octanol–water partition coefficient (Wildman–Crippen LogP) is 1.54. The highest BCUT2D eigenvalue weighted by atomic mass is 19.3. The Kier molecular flexibility index (Phi) is 4.62. The maximum Gasteiger partial charge on any atom is 0.290 e. The van der Waals surface area contributed by atoms with Gasteiger partial charge in [-0.3, -0.25) is 4.90 Å². The second-order valence-electron chi connectivity index (χ2n) is 4.77. The third kappa shape index (κ3) is 3.11. The van der Waals surface area contributed by atoms with Gasteiger partial charge in [0.2, 0.25) is 0 Å². The van der Waals surface area contributed by atoms with E-state index in [1.54, 1.807) is 0 Å². The topological polar surface area (TPSA) is 35.5 Å². The Morgan fingerprint density at radius 1 is 1.25 bits per heavy atom. The molecule has 3 nitrogen and oxygen atoms in total. The molecule has 0 amide bonds. The lowest BCUT2D eigenvalue weighted by Gasteiger charge is -2.38. The van der Waals surface area contributed by atoms with Gasteiger partial charge in [-0.15, -0.1) is 0 Å². The number of hydrogen-bond donors (Lipinski definition) is 2. The number of halogens is 4. The van der Waals surface area contributed by atoms with Crippen LogP contribution in [0.5, 0.6) is 0 Å². The number of nitrogens with one attached hydrogen (secondary N) is 1. The Morgan fingerprint density at radius 2 is 1.90 bits per heavy atom. The first-order chi connectivity index (χ1) is 9.45. The summed E-state index contributed by atoms with van der Waals surface area (Å²) in [5.74, 6) is -5.35. The summed E-state index contributed by atoms with van der Waals surface area (Å²) in [6.45, 7) is 0.216. The van der Waals surface area contributed by atoms with Crippen molar-refractivity contribution in [1.82, 2.24) is 10.2 Å². The summed E-state index contributed by atoms with van der Waals surface area (Å²) in [5, 5.41) is 11.9. The second kappa shape index (κ2) is 6.07. The lowest BCUT2D eigenvalue weighted by atomic mass is 9.97. The molecule has 20 heavy (non-hydrogen) atoms. The van der Waals surface area contributed by atoms with Crippen molar-refractivity contribution in [2.45, 2.75) is 12.0 Å². The number of hydrogen-bond acceptors (Lipinski definition) is 3. The quantitative estimate of drug-likeness (QED) is 0.826. The third-order valence-electron chi connectivity index (χ3n) is 3.38. The molecule has 7 heteroatoms. The molecule has 0 bridgehead atoms. The molecule has 112 valence electrons. The molecule has 0 aromatic heterocycles. The van der Waals surface area contributed by atoms with Crippen molar-refractivity contribution in [1.29, 1.82) is 0 Å². The Morgan fingerprint density at radius 3 is 2.45 bits per heavy atom. The van der Waals surface area contributed by atoms with Crippen LogP contribution in [0.4, 0.5) is 17.6 Å². The molecular weight excluding hydrogens is 276 g/mol. The fraction of sp³-hybridized carbons (Fsp3) is 0.538. The lowest BCUT2D eigenvalue weighted by Crippen LogP contribution is -2.51. The van der Waals surface area contributed by atoms with E-state index in [9.17, 15) is 17.6 Å². The number of alkyl halides is 2. The molecule has 1 heterocycles. The number of aliphatic hydroxyl groups excluding tert-OH is 1.